The van der Waals surface area contributed by atoms with Gasteiger partial charge in [0.25, 0.3) is 5.91 Å². The minimum atomic E-state index is -0.218. The molecule has 0 aliphatic carbocycles. The van der Waals surface area contributed by atoms with Gasteiger partial charge in [-0.25, -0.2) is 9.97 Å². The Bertz CT molecular complexity index is 962. The average Bonchev–Trinajstić information content (AvgIpc) is 2.67. The molecule has 0 bridgehead atoms. The van der Waals surface area contributed by atoms with Gasteiger partial charge < -0.3 is 10.2 Å². The molecular weight excluding hydrogens is 326 g/mol. The van der Waals surface area contributed by atoms with Gasteiger partial charge in [-0.2, -0.15) is 5.26 Å². The molecule has 128 valence electrons. The second kappa shape index (κ2) is 7.45. The van der Waals surface area contributed by atoms with Gasteiger partial charge in [0.2, 0.25) is 0 Å². The predicted octanol–water partition coefficient (Wildman–Crippen LogP) is 3.68. The van der Waals surface area contributed by atoms with E-state index in [-0.39, 0.29) is 5.91 Å². The normalized spacial score (nSPS) is 10.0. The third-order valence-electron chi connectivity index (χ3n) is 3.79. The Morgan fingerprint density at radius 1 is 1.08 bits per heavy atom. The number of aromatic nitrogens is 2. The van der Waals surface area contributed by atoms with Crippen LogP contribution in [0.25, 0.3) is 0 Å². The third-order valence-corrected chi connectivity index (χ3v) is 3.79. The van der Waals surface area contributed by atoms with Gasteiger partial charge >= 0.3 is 0 Å². The van der Waals surface area contributed by atoms with Crippen molar-refractivity contribution in [1.82, 2.24) is 9.97 Å². The Morgan fingerprint density at radius 2 is 1.77 bits per heavy atom. The number of hydrogen-bond donors (Lipinski definition) is 1. The highest BCUT2D eigenvalue weighted by Crippen LogP contribution is 2.19. The highest BCUT2D eigenvalue weighted by Gasteiger charge is 2.16. The van der Waals surface area contributed by atoms with Crippen LogP contribution in [0.15, 0.2) is 60.7 Å². The molecule has 1 heterocycles. The predicted molar refractivity (Wildman–Crippen MR) is 100 cm³/mol. The summed E-state index contributed by atoms with van der Waals surface area (Å²) in [7, 11) is 1.71. The summed E-state index contributed by atoms with van der Waals surface area (Å²) < 4.78 is 0. The van der Waals surface area contributed by atoms with Crippen molar-refractivity contribution in [2.75, 3.05) is 17.3 Å². The first-order valence-electron chi connectivity index (χ1n) is 8.03. The van der Waals surface area contributed by atoms with Crippen molar-refractivity contribution < 1.29 is 4.79 Å². The van der Waals surface area contributed by atoms with Crippen LogP contribution in [0.3, 0.4) is 0 Å². The maximum absolute atomic E-state index is 12.8. The lowest BCUT2D eigenvalue weighted by Crippen LogP contribution is -2.27. The molecule has 3 rings (SSSR count). The Hall–Kier alpha value is -3.72. The Labute approximate surface area is 151 Å². The highest BCUT2D eigenvalue weighted by molar-refractivity contribution is 6.04. The van der Waals surface area contributed by atoms with Gasteiger partial charge in [0, 0.05) is 24.5 Å². The van der Waals surface area contributed by atoms with E-state index in [0.29, 0.717) is 22.9 Å². The number of rotatable bonds is 4. The molecule has 0 atom stereocenters. The summed E-state index contributed by atoms with van der Waals surface area (Å²) in [4.78, 5) is 22.9. The van der Waals surface area contributed by atoms with E-state index < -0.39 is 0 Å². The van der Waals surface area contributed by atoms with Crippen molar-refractivity contribution in [3.8, 4) is 6.07 Å². The van der Waals surface area contributed by atoms with Crippen molar-refractivity contribution in [1.29, 1.82) is 5.26 Å². The molecule has 26 heavy (non-hydrogen) atoms. The maximum Gasteiger partial charge on any atom is 0.276 e. The van der Waals surface area contributed by atoms with Crippen molar-refractivity contribution in [3.63, 3.8) is 0 Å². The zero-order chi connectivity index (χ0) is 18.5. The fourth-order valence-corrected chi connectivity index (χ4v) is 2.46. The molecule has 3 aromatic rings. The van der Waals surface area contributed by atoms with Crippen LogP contribution in [0.4, 0.5) is 17.2 Å². The van der Waals surface area contributed by atoms with E-state index in [4.69, 9.17) is 5.26 Å². The second-order valence-corrected chi connectivity index (χ2v) is 5.70. The van der Waals surface area contributed by atoms with Gasteiger partial charge in [-0.3, -0.25) is 4.79 Å². The van der Waals surface area contributed by atoms with Crippen LogP contribution < -0.4 is 10.2 Å². The largest absolute Gasteiger partial charge is 0.340 e. The van der Waals surface area contributed by atoms with Crippen molar-refractivity contribution in [2.45, 2.75) is 6.92 Å². The van der Waals surface area contributed by atoms with E-state index in [1.54, 1.807) is 49.2 Å². The van der Waals surface area contributed by atoms with Gasteiger partial charge in [-0.1, -0.05) is 18.2 Å². The molecule has 0 spiro atoms. The third kappa shape index (κ3) is 3.84. The van der Waals surface area contributed by atoms with E-state index in [9.17, 15) is 4.79 Å². The molecular formula is C20H17N5O. The van der Waals surface area contributed by atoms with Crippen LogP contribution in [-0.2, 0) is 0 Å². The summed E-state index contributed by atoms with van der Waals surface area (Å²) >= 11 is 0. The fourth-order valence-electron chi connectivity index (χ4n) is 2.46. The molecule has 0 aliphatic heterocycles. The van der Waals surface area contributed by atoms with Gasteiger partial charge in [-0.05, 0) is 43.3 Å². The number of nitriles is 1. The topological polar surface area (TPSA) is 81.9 Å². The smallest absolute Gasteiger partial charge is 0.276 e. The summed E-state index contributed by atoms with van der Waals surface area (Å²) in [5, 5.41) is 12.0. The Kier molecular flexibility index (Phi) is 4.90. The average molecular weight is 343 g/mol. The van der Waals surface area contributed by atoms with E-state index in [1.807, 2.05) is 30.3 Å². The van der Waals surface area contributed by atoms with Gasteiger partial charge in [-0.15, -0.1) is 0 Å². The van der Waals surface area contributed by atoms with Crippen LogP contribution in [0.1, 0.15) is 21.9 Å². The van der Waals surface area contributed by atoms with E-state index in [1.165, 1.54) is 0 Å². The number of aryl methyl sites for hydroxylation is 1. The number of carbonyl (C=O) groups is 1. The number of para-hydroxylation sites is 1. The number of nitrogens with one attached hydrogen (secondary N) is 1. The van der Waals surface area contributed by atoms with E-state index in [0.717, 1.165) is 11.4 Å². The summed E-state index contributed by atoms with van der Waals surface area (Å²) in [5.41, 5.74) is 2.45. The highest BCUT2D eigenvalue weighted by atomic mass is 16.2. The molecule has 0 fully saturated rings. The van der Waals surface area contributed by atoms with Crippen LogP contribution in [0.2, 0.25) is 0 Å². The lowest BCUT2D eigenvalue weighted by molar-refractivity contribution is 0.0988. The van der Waals surface area contributed by atoms with E-state index >= 15 is 0 Å². The zero-order valence-corrected chi connectivity index (χ0v) is 14.5. The van der Waals surface area contributed by atoms with Gasteiger partial charge in [0.1, 0.15) is 17.3 Å². The van der Waals surface area contributed by atoms with Gasteiger partial charge in [0.05, 0.1) is 11.6 Å². The quantitative estimate of drug-likeness (QED) is 0.781. The number of amides is 1. The number of anilines is 3. The number of nitrogens with zero attached hydrogens (tertiary/aromatic N) is 4. The van der Waals surface area contributed by atoms with E-state index in [2.05, 4.69) is 21.4 Å². The summed E-state index contributed by atoms with van der Waals surface area (Å²) in [5.74, 6) is 0.796. The fraction of sp³-hybridized carbons (Fsp3) is 0.100. The molecule has 1 aromatic heterocycles. The molecule has 0 radical (unpaired) electrons. The lowest BCUT2D eigenvalue weighted by atomic mass is 10.2. The molecule has 1 N–H and O–H groups in total. The van der Waals surface area contributed by atoms with Crippen LogP contribution in [-0.4, -0.2) is 22.9 Å². The van der Waals surface area contributed by atoms with Crippen molar-refractivity contribution >= 4 is 23.1 Å². The summed E-state index contributed by atoms with van der Waals surface area (Å²) in [6, 6.07) is 20.1. The van der Waals surface area contributed by atoms with Crippen LogP contribution in [0, 0.1) is 18.3 Å². The van der Waals surface area contributed by atoms with Crippen LogP contribution >= 0.6 is 0 Å². The maximum atomic E-state index is 12.8. The van der Waals surface area contributed by atoms with Crippen molar-refractivity contribution in [3.05, 3.63) is 77.7 Å². The first-order valence-corrected chi connectivity index (χ1v) is 8.03. The first kappa shape index (κ1) is 17.1. The Balaban J connectivity index is 1.85. The number of carbonyl (C=O) groups excluding carboxylic acids is 1. The van der Waals surface area contributed by atoms with Crippen molar-refractivity contribution in [2.24, 2.45) is 0 Å². The molecule has 0 unspecified atom stereocenters. The molecule has 0 aliphatic rings. The molecule has 6 nitrogen and oxygen atoms in total. The molecule has 1 amide bonds. The molecule has 6 heteroatoms. The summed E-state index contributed by atoms with van der Waals surface area (Å²) in [6.45, 7) is 1.74. The monoisotopic (exact) mass is 343 g/mol. The number of benzene rings is 2. The molecule has 0 saturated carbocycles. The lowest BCUT2D eigenvalue weighted by Gasteiger charge is -2.17. The molecule has 0 saturated heterocycles. The minimum absolute atomic E-state index is 0.218. The standard InChI is InChI=1S/C20H17N5O/c1-14-22-18(20(26)25(2)17-6-4-3-5-7-17)12-19(23-14)24-16-10-8-15(13-21)9-11-16/h3-12H,1-2H3,(H,22,23,24). The van der Waals surface area contributed by atoms with Crippen LogP contribution in [0.5, 0.6) is 0 Å². The SMILES string of the molecule is Cc1nc(Nc2ccc(C#N)cc2)cc(C(=O)N(C)c2ccccc2)n1. The Morgan fingerprint density at radius 3 is 2.42 bits per heavy atom. The summed E-state index contributed by atoms with van der Waals surface area (Å²) in [6.07, 6.45) is 0. The molecule has 2 aromatic carbocycles. The number of hydrogen-bond acceptors (Lipinski definition) is 5. The van der Waals surface area contributed by atoms with Gasteiger partial charge in [0.15, 0.2) is 0 Å². The first-order chi connectivity index (χ1) is 12.6. The second-order valence-electron chi connectivity index (χ2n) is 5.70. The zero-order valence-electron chi connectivity index (χ0n) is 14.5. The minimum Gasteiger partial charge on any atom is -0.340 e.